The SMILES string of the molecule is CC(=O)Nc1ccc(/C=C/C(=O)NCC(c2ccccc2)c2ccccc2)cc1. The van der Waals surface area contributed by atoms with Gasteiger partial charge in [0.2, 0.25) is 11.8 Å². The van der Waals surface area contributed by atoms with E-state index in [0.29, 0.717) is 6.54 Å². The van der Waals surface area contributed by atoms with Crippen LogP contribution in [0.25, 0.3) is 6.08 Å². The Morgan fingerprint density at radius 1 is 0.828 bits per heavy atom. The Hall–Kier alpha value is -3.66. The van der Waals surface area contributed by atoms with Crippen molar-refractivity contribution in [3.05, 3.63) is 108 Å². The third-order valence-electron chi connectivity index (χ3n) is 4.54. The van der Waals surface area contributed by atoms with E-state index in [0.717, 1.165) is 22.4 Å². The van der Waals surface area contributed by atoms with Crippen molar-refractivity contribution < 1.29 is 9.59 Å². The summed E-state index contributed by atoms with van der Waals surface area (Å²) in [5.41, 5.74) is 3.94. The summed E-state index contributed by atoms with van der Waals surface area (Å²) in [5.74, 6) is -0.168. The van der Waals surface area contributed by atoms with Crippen LogP contribution in [0.3, 0.4) is 0 Å². The molecule has 2 amide bonds. The maximum absolute atomic E-state index is 12.3. The number of carbonyl (C=O) groups excluding carboxylic acids is 2. The molecular weight excluding hydrogens is 360 g/mol. The molecule has 146 valence electrons. The van der Waals surface area contributed by atoms with Crippen LogP contribution in [0.5, 0.6) is 0 Å². The van der Waals surface area contributed by atoms with Gasteiger partial charge in [-0.2, -0.15) is 0 Å². The summed E-state index contributed by atoms with van der Waals surface area (Å²) in [6.45, 7) is 1.98. The smallest absolute Gasteiger partial charge is 0.244 e. The van der Waals surface area contributed by atoms with Crippen molar-refractivity contribution >= 4 is 23.6 Å². The van der Waals surface area contributed by atoms with Gasteiger partial charge in [0.1, 0.15) is 0 Å². The quantitative estimate of drug-likeness (QED) is 0.585. The zero-order chi connectivity index (χ0) is 20.5. The van der Waals surface area contributed by atoms with Crippen molar-refractivity contribution in [3.8, 4) is 0 Å². The molecule has 0 aromatic heterocycles. The second-order valence-corrected chi connectivity index (χ2v) is 6.76. The van der Waals surface area contributed by atoms with E-state index in [1.165, 1.54) is 13.0 Å². The van der Waals surface area contributed by atoms with E-state index < -0.39 is 0 Å². The molecule has 4 nitrogen and oxygen atoms in total. The average molecular weight is 384 g/mol. The van der Waals surface area contributed by atoms with Gasteiger partial charge in [-0.15, -0.1) is 0 Å². The first-order valence-electron chi connectivity index (χ1n) is 9.55. The van der Waals surface area contributed by atoms with Crippen LogP contribution in [-0.2, 0) is 9.59 Å². The van der Waals surface area contributed by atoms with Gasteiger partial charge in [0, 0.05) is 31.1 Å². The Morgan fingerprint density at radius 3 is 1.90 bits per heavy atom. The molecule has 3 aromatic carbocycles. The van der Waals surface area contributed by atoms with Gasteiger partial charge in [0.15, 0.2) is 0 Å². The number of amides is 2. The lowest BCUT2D eigenvalue weighted by molar-refractivity contribution is -0.116. The van der Waals surface area contributed by atoms with Gasteiger partial charge in [0.25, 0.3) is 0 Å². The number of rotatable bonds is 7. The summed E-state index contributed by atoms with van der Waals surface area (Å²) in [4.78, 5) is 23.4. The van der Waals surface area contributed by atoms with Crippen molar-refractivity contribution in [1.82, 2.24) is 5.32 Å². The zero-order valence-electron chi connectivity index (χ0n) is 16.3. The molecular formula is C25H24N2O2. The molecule has 0 saturated carbocycles. The lowest BCUT2D eigenvalue weighted by Gasteiger charge is -2.18. The molecule has 0 radical (unpaired) electrons. The summed E-state index contributed by atoms with van der Waals surface area (Å²) in [6.07, 6.45) is 3.29. The lowest BCUT2D eigenvalue weighted by atomic mass is 9.91. The normalized spacial score (nSPS) is 10.8. The van der Waals surface area contributed by atoms with Crippen LogP contribution in [0.4, 0.5) is 5.69 Å². The van der Waals surface area contributed by atoms with Crippen LogP contribution < -0.4 is 10.6 Å². The van der Waals surface area contributed by atoms with Gasteiger partial charge < -0.3 is 10.6 Å². The van der Waals surface area contributed by atoms with E-state index in [-0.39, 0.29) is 17.7 Å². The third-order valence-corrected chi connectivity index (χ3v) is 4.54. The number of hydrogen-bond acceptors (Lipinski definition) is 2. The summed E-state index contributed by atoms with van der Waals surface area (Å²) in [6, 6.07) is 27.7. The monoisotopic (exact) mass is 384 g/mol. The molecule has 0 unspecified atom stereocenters. The highest BCUT2D eigenvalue weighted by molar-refractivity contribution is 5.92. The van der Waals surface area contributed by atoms with Crippen molar-refractivity contribution in [2.24, 2.45) is 0 Å². The first kappa shape index (κ1) is 20.1. The molecule has 0 saturated heterocycles. The van der Waals surface area contributed by atoms with Crippen molar-refractivity contribution in [2.75, 3.05) is 11.9 Å². The van der Waals surface area contributed by atoms with Crippen LogP contribution in [0.15, 0.2) is 91.0 Å². The van der Waals surface area contributed by atoms with E-state index in [4.69, 9.17) is 0 Å². The Kier molecular flexibility index (Phi) is 6.95. The van der Waals surface area contributed by atoms with Gasteiger partial charge in [-0.3, -0.25) is 9.59 Å². The number of carbonyl (C=O) groups is 2. The lowest BCUT2D eigenvalue weighted by Crippen LogP contribution is -2.27. The highest BCUT2D eigenvalue weighted by Crippen LogP contribution is 2.23. The predicted octanol–water partition coefficient (Wildman–Crippen LogP) is 4.61. The van der Waals surface area contributed by atoms with E-state index in [2.05, 4.69) is 34.9 Å². The third kappa shape index (κ3) is 6.18. The molecule has 4 heteroatoms. The standard InChI is InChI=1S/C25H24N2O2/c1-19(28)27-23-15-12-20(13-16-23)14-17-25(29)26-18-24(21-8-4-2-5-9-21)22-10-6-3-7-11-22/h2-17,24H,18H2,1H3,(H,26,29)(H,27,28)/b17-14+. The molecule has 0 aliphatic heterocycles. The molecule has 3 rings (SSSR count). The second kappa shape index (κ2) is 10.0. The molecule has 3 aromatic rings. The van der Waals surface area contributed by atoms with Crippen LogP contribution in [0.2, 0.25) is 0 Å². The highest BCUT2D eigenvalue weighted by atomic mass is 16.2. The van der Waals surface area contributed by atoms with E-state index in [9.17, 15) is 9.59 Å². The zero-order valence-corrected chi connectivity index (χ0v) is 16.3. The van der Waals surface area contributed by atoms with Gasteiger partial charge in [-0.05, 0) is 34.9 Å². The van der Waals surface area contributed by atoms with Crippen molar-refractivity contribution in [2.45, 2.75) is 12.8 Å². The van der Waals surface area contributed by atoms with E-state index >= 15 is 0 Å². The van der Waals surface area contributed by atoms with Gasteiger partial charge in [0.05, 0.1) is 0 Å². The Morgan fingerprint density at radius 2 is 1.38 bits per heavy atom. The maximum atomic E-state index is 12.3. The van der Waals surface area contributed by atoms with Gasteiger partial charge in [-0.25, -0.2) is 0 Å². The van der Waals surface area contributed by atoms with Crippen LogP contribution in [-0.4, -0.2) is 18.4 Å². The molecule has 0 atom stereocenters. The average Bonchev–Trinajstić information content (AvgIpc) is 2.74. The summed E-state index contributed by atoms with van der Waals surface area (Å²) >= 11 is 0. The van der Waals surface area contributed by atoms with E-state index in [1.54, 1.807) is 18.2 Å². The fourth-order valence-electron chi connectivity index (χ4n) is 3.11. The Labute approximate surface area is 171 Å². The Bertz CT molecular complexity index is 925. The number of benzene rings is 3. The van der Waals surface area contributed by atoms with Crippen molar-refractivity contribution in [3.63, 3.8) is 0 Å². The van der Waals surface area contributed by atoms with Crippen molar-refractivity contribution in [1.29, 1.82) is 0 Å². The summed E-state index contributed by atoms with van der Waals surface area (Å²) in [7, 11) is 0. The molecule has 0 heterocycles. The second-order valence-electron chi connectivity index (χ2n) is 6.76. The van der Waals surface area contributed by atoms with Crippen LogP contribution in [0, 0.1) is 0 Å². The molecule has 29 heavy (non-hydrogen) atoms. The molecule has 2 N–H and O–H groups in total. The first-order chi connectivity index (χ1) is 14.1. The molecule has 0 aliphatic carbocycles. The van der Waals surface area contributed by atoms with E-state index in [1.807, 2.05) is 48.5 Å². The largest absolute Gasteiger partial charge is 0.352 e. The van der Waals surface area contributed by atoms with Gasteiger partial charge >= 0.3 is 0 Å². The summed E-state index contributed by atoms with van der Waals surface area (Å²) < 4.78 is 0. The van der Waals surface area contributed by atoms with Gasteiger partial charge in [-0.1, -0.05) is 72.8 Å². The number of hydrogen-bond donors (Lipinski definition) is 2. The first-order valence-corrected chi connectivity index (χ1v) is 9.55. The number of anilines is 1. The van der Waals surface area contributed by atoms with Crippen LogP contribution >= 0.6 is 0 Å². The maximum Gasteiger partial charge on any atom is 0.244 e. The molecule has 0 aliphatic rings. The Balaban J connectivity index is 1.63. The minimum Gasteiger partial charge on any atom is -0.352 e. The topological polar surface area (TPSA) is 58.2 Å². The summed E-state index contributed by atoms with van der Waals surface area (Å²) in [5, 5.41) is 5.72. The predicted molar refractivity (Wildman–Crippen MR) is 118 cm³/mol. The fraction of sp³-hybridized carbons (Fsp3) is 0.120. The molecule has 0 spiro atoms. The molecule has 0 fully saturated rings. The number of nitrogens with one attached hydrogen (secondary N) is 2. The van der Waals surface area contributed by atoms with Crippen LogP contribution in [0.1, 0.15) is 29.5 Å². The highest BCUT2D eigenvalue weighted by Gasteiger charge is 2.14. The minimum atomic E-state index is -0.146. The minimum absolute atomic E-state index is 0.0895. The molecule has 0 bridgehead atoms. The fourth-order valence-corrected chi connectivity index (χ4v) is 3.11.